The Balaban J connectivity index is 2.32. The maximum Gasteiger partial charge on any atom is 0.461 e. The zero-order valence-electron chi connectivity index (χ0n) is 12.8. The van der Waals surface area contributed by atoms with E-state index < -0.39 is 47.3 Å². The number of rotatable bonds is 5. The number of halogens is 7. The molecule has 12 heteroatoms. The van der Waals surface area contributed by atoms with Crippen molar-refractivity contribution in [3.05, 3.63) is 41.7 Å². The lowest BCUT2D eigenvalue weighted by atomic mass is 10.2. The molecule has 1 heterocycles. The number of amides is 1. The quantitative estimate of drug-likeness (QED) is 0.794. The van der Waals surface area contributed by atoms with Crippen LogP contribution < -0.4 is 10.1 Å². The van der Waals surface area contributed by atoms with Gasteiger partial charge in [-0.3, -0.25) is 9.48 Å². The van der Waals surface area contributed by atoms with E-state index >= 15 is 0 Å². The Labute approximate surface area is 141 Å². The third kappa shape index (κ3) is 4.24. The average Bonchev–Trinajstić information content (AvgIpc) is 2.91. The summed E-state index contributed by atoms with van der Waals surface area (Å²) >= 11 is 0. The molecular formula is C14H10F7N3O2. The van der Waals surface area contributed by atoms with E-state index in [9.17, 15) is 35.5 Å². The molecule has 1 aromatic carbocycles. The molecule has 5 nitrogen and oxygen atoms in total. The van der Waals surface area contributed by atoms with Gasteiger partial charge < -0.3 is 10.1 Å². The van der Waals surface area contributed by atoms with E-state index in [1.54, 1.807) is 0 Å². The number of aromatic nitrogens is 2. The Bertz CT molecular complexity index is 802. The third-order valence-corrected chi connectivity index (χ3v) is 2.98. The highest BCUT2D eigenvalue weighted by Crippen LogP contribution is 2.34. The number of nitrogens with one attached hydrogen (secondary N) is 1. The van der Waals surface area contributed by atoms with E-state index in [1.807, 2.05) is 5.32 Å². The Morgan fingerprint density at radius 1 is 1.19 bits per heavy atom. The first-order chi connectivity index (χ1) is 11.9. The van der Waals surface area contributed by atoms with Gasteiger partial charge in [-0.2, -0.15) is 35.8 Å². The largest absolute Gasteiger partial charge is 0.461 e. The highest BCUT2D eigenvalue weighted by Gasteiger charge is 2.44. The van der Waals surface area contributed by atoms with Gasteiger partial charge in [-0.25, -0.2) is 0 Å². The van der Waals surface area contributed by atoms with Crippen LogP contribution in [0.4, 0.5) is 36.4 Å². The van der Waals surface area contributed by atoms with Crippen molar-refractivity contribution in [2.45, 2.75) is 18.7 Å². The lowest BCUT2D eigenvalue weighted by Gasteiger charge is -2.19. The standard InChI is InChI=1S/C14H10F7N3O2/c1-24-6-7(13(17,18)19)10(23-24)11(25)22-8-4-2-3-5-9(8)26-14(20,21)12(15)16/h2-6,12H,1H3,(H,22,25). The summed E-state index contributed by atoms with van der Waals surface area (Å²) < 4.78 is 93.9. The van der Waals surface area contributed by atoms with Gasteiger partial charge in [0.2, 0.25) is 0 Å². The van der Waals surface area contributed by atoms with Crippen molar-refractivity contribution in [1.29, 1.82) is 0 Å². The number of hydrogen-bond donors (Lipinski definition) is 1. The van der Waals surface area contributed by atoms with Crippen LogP contribution in [-0.4, -0.2) is 28.2 Å². The predicted molar refractivity (Wildman–Crippen MR) is 74.2 cm³/mol. The fourth-order valence-electron chi connectivity index (χ4n) is 1.90. The number of carbonyl (C=O) groups is 1. The highest BCUT2D eigenvalue weighted by molar-refractivity contribution is 6.04. The van der Waals surface area contributed by atoms with Crippen molar-refractivity contribution in [3.8, 4) is 5.75 Å². The van der Waals surface area contributed by atoms with Gasteiger partial charge in [0.1, 0.15) is 11.3 Å². The summed E-state index contributed by atoms with van der Waals surface area (Å²) in [5.74, 6) is -2.23. The lowest BCUT2D eigenvalue weighted by molar-refractivity contribution is -0.252. The van der Waals surface area contributed by atoms with E-state index in [0.29, 0.717) is 6.20 Å². The number of para-hydroxylation sites is 2. The first-order valence-corrected chi connectivity index (χ1v) is 6.78. The number of aryl methyl sites for hydroxylation is 1. The molecule has 0 atom stereocenters. The van der Waals surface area contributed by atoms with Crippen molar-refractivity contribution >= 4 is 11.6 Å². The maximum atomic E-state index is 13.0. The van der Waals surface area contributed by atoms with Crippen LogP contribution in [-0.2, 0) is 13.2 Å². The summed E-state index contributed by atoms with van der Waals surface area (Å²) in [4.78, 5) is 12.1. The molecule has 0 saturated heterocycles. The van der Waals surface area contributed by atoms with Gasteiger partial charge >= 0.3 is 18.7 Å². The molecule has 0 radical (unpaired) electrons. The molecule has 26 heavy (non-hydrogen) atoms. The zero-order valence-corrected chi connectivity index (χ0v) is 12.8. The van der Waals surface area contributed by atoms with Gasteiger partial charge in [-0.1, -0.05) is 12.1 Å². The van der Waals surface area contributed by atoms with Crippen LogP contribution in [0.25, 0.3) is 0 Å². The zero-order chi connectivity index (χ0) is 19.7. The third-order valence-electron chi connectivity index (χ3n) is 2.98. The van der Waals surface area contributed by atoms with Crippen molar-refractivity contribution in [2.75, 3.05) is 5.32 Å². The van der Waals surface area contributed by atoms with Gasteiger partial charge in [0, 0.05) is 13.2 Å². The summed E-state index contributed by atoms with van der Waals surface area (Å²) in [5.41, 5.74) is -2.90. The van der Waals surface area contributed by atoms with Crippen LogP contribution in [0.3, 0.4) is 0 Å². The second-order valence-electron chi connectivity index (χ2n) is 4.98. The summed E-state index contributed by atoms with van der Waals surface area (Å²) in [6.07, 6.45) is -13.3. The molecule has 0 unspecified atom stereocenters. The molecule has 0 aliphatic carbocycles. The van der Waals surface area contributed by atoms with Gasteiger partial charge in [0.25, 0.3) is 5.91 Å². The Morgan fingerprint density at radius 2 is 1.81 bits per heavy atom. The van der Waals surface area contributed by atoms with Crippen molar-refractivity contribution in [1.82, 2.24) is 9.78 Å². The molecule has 0 aliphatic rings. The molecule has 142 valence electrons. The Morgan fingerprint density at radius 3 is 2.38 bits per heavy atom. The van der Waals surface area contributed by atoms with Crippen LogP contribution in [0.5, 0.6) is 5.75 Å². The smallest absolute Gasteiger partial charge is 0.426 e. The van der Waals surface area contributed by atoms with E-state index in [1.165, 1.54) is 6.07 Å². The minimum atomic E-state index is -4.89. The first-order valence-electron chi connectivity index (χ1n) is 6.78. The molecule has 0 fully saturated rings. The summed E-state index contributed by atoms with van der Waals surface area (Å²) in [6, 6.07) is 4.21. The molecule has 0 aliphatic heterocycles. The van der Waals surface area contributed by atoms with Gasteiger partial charge in [0.15, 0.2) is 5.69 Å². The number of alkyl halides is 7. The molecule has 2 rings (SSSR count). The highest BCUT2D eigenvalue weighted by atomic mass is 19.4. The Kier molecular flexibility index (Phi) is 5.14. The summed E-state index contributed by atoms with van der Waals surface area (Å²) in [7, 11) is 1.15. The maximum absolute atomic E-state index is 13.0. The van der Waals surface area contributed by atoms with Crippen LogP contribution >= 0.6 is 0 Å². The normalized spacial score (nSPS) is 12.3. The van der Waals surface area contributed by atoms with Crippen LogP contribution in [0.1, 0.15) is 16.1 Å². The number of benzene rings is 1. The van der Waals surface area contributed by atoms with Crippen molar-refractivity contribution in [3.63, 3.8) is 0 Å². The second-order valence-corrected chi connectivity index (χ2v) is 4.98. The molecule has 0 bridgehead atoms. The molecular weight excluding hydrogens is 375 g/mol. The number of hydrogen-bond acceptors (Lipinski definition) is 3. The number of ether oxygens (including phenoxy) is 1. The molecule has 0 spiro atoms. The second kappa shape index (κ2) is 6.84. The van der Waals surface area contributed by atoms with Crippen LogP contribution in [0.2, 0.25) is 0 Å². The minimum Gasteiger partial charge on any atom is -0.426 e. The van der Waals surface area contributed by atoms with Gasteiger partial charge in [-0.15, -0.1) is 0 Å². The van der Waals surface area contributed by atoms with Crippen LogP contribution in [0.15, 0.2) is 30.5 Å². The number of nitrogens with zero attached hydrogens (tertiary/aromatic N) is 2. The fourth-order valence-corrected chi connectivity index (χ4v) is 1.90. The number of carbonyl (C=O) groups excluding carboxylic acids is 1. The van der Waals surface area contributed by atoms with Crippen molar-refractivity contribution < 1.29 is 40.3 Å². The Hall–Kier alpha value is -2.79. The van der Waals surface area contributed by atoms with E-state index in [2.05, 4.69) is 9.84 Å². The topological polar surface area (TPSA) is 56.2 Å². The van der Waals surface area contributed by atoms with E-state index in [-0.39, 0.29) is 0 Å². The minimum absolute atomic E-state index is 0.531. The first kappa shape index (κ1) is 19.5. The average molecular weight is 385 g/mol. The fraction of sp³-hybridized carbons (Fsp3) is 0.286. The predicted octanol–water partition coefficient (Wildman–Crippen LogP) is 3.93. The van der Waals surface area contributed by atoms with E-state index in [0.717, 1.165) is 29.9 Å². The molecule has 0 saturated carbocycles. The molecule has 2 aromatic rings. The lowest BCUT2D eigenvalue weighted by Crippen LogP contribution is -2.33. The monoisotopic (exact) mass is 385 g/mol. The van der Waals surface area contributed by atoms with Crippen LogP contribution in [0, 0.1) is 0 Å². The molecule has 1 N–H and O–H groups in total. The SMILES string of the molecule is Cn1cc(C(F)(F)F)c(C(=O)Nc2ccccc2OC(F)(F)C(F)F)n1. The summed E-state index contributed by atoms with van der Waals surface area (Å²) in [5, 5.41) is 5.28. The van der Waals surface area contributed by atoms with Gasteiger partial charge in [0.05, 0.1) is 5.69 Å². The summed E-state index contributed by atoms with van der Waals surface area (Å²) in [6.45, 7) is 0. The number of anilines is 1. The van der Waals surface area contributed by atoms with Crippen molar-refractivity contribution in [2.24, 2.45) is 7.05 Å². The van der Waals surface area contributed by atoms with E-state index in [4.69, 9.17) is 0 Å². The molecule has 1 aromatic heterocycles. The molecule has 1 amide bonds. The van der Waals surface area contributed by atoms with Gasteiger partial charge in [-0.05, 0) is 12.1 Å².